The van der Waals surface area contributed by atoms with Gasteiger partial charge in [-0.25, -0.2) is 9.59 Å². The molecule has 0 spiro atoms. The summed E-state index contributed by atoms with van der Waals surface area (Å²) in [6, 6.07) is 7.47. The van der Waals surface area contributed by atoms with Crippen molar-refractivity contribution >= 4 is 22.8 Å². The van der Waals surface area contributed by atoms with E-state index in [9.17, 15) is 9.59 Å². The highest BCUT2D eigenvalue weighted by atomic mass is 16.7. The molecular formula is C15H14N2O4. The fourth-order valence-electron chi connectivity index (χ4n) is 3.11. The van der Waals surface area contributed by atoms with Crippen molar-refractivity contribution in [2.75, 3.05) is 13.1 Å². The zero-order valence-electron chi connectivity index (χ0n) is 11.3. The summed E-state index contributed by atoms with van der Waals surface area (Å²) in [6.07, 6.45) is 1.83. The van der Waals surface area contributed by atoms with E-state index < -0.39 is 11.9 Å². The highest BCUT2D eigenvalue weighted by molar-refractivity contribution is 6.31. The molecule has 0 unspecified atom stereocenters. The lowest BCUT2D eigenvalue weighted by Gasteiger charge is -2.23. The number of fused-ring (bicyclic) bond motifs is 5. The van der Waals surface area contributed by atoms with Gasteiger partial charge in [0.15, 0.2) is 5.75 Å². The molecule has 1 aromatic carbocycles. The minimum atomic E-state index is -0.981. The van der Waals surface area contributed by atoms with Crippen LogP contribution in [-0.2, 0) is 9.59 Å². The van der Waals surface area contributed by atoms with Crippen molar-refractivity contribution in [1.29, 1.82) is 0 Å². The van der Waals surface area contributed by atoms with Crippen molar-refractivity contribution in [2.45, 2.75) is 18.8 Å². The lowest BCUT2D eigenvalue weighted by Crippen LogP contribution is -2.31. The first-order valence-corrected chi connectivity index (χ1v) is 7.04. The van der Waals surface area contributed by atoms with Gasteiger partial charge >= 0.3 is 11.9 Å². The van der Waals surface area contributed by atoms with E-state index in [4.69, 9.17) is 9.57 Å². The van der Waals surface area contributed by atoms with Crippen LogP contribution in [0.3, 0.4) is 0 Å². The fourth-order valence-corrected chi connectivity index (χ4v) is 3.11. The van der Waals surface area contributed by atoms with Gasteiger partial charge in [-0.2, -0.15) is 4.73 Å². The van der Waals surface area contributed by atoms with E-state index in [1.807, 2.05) is 24.3 Å². The molecule has 0 atom stereocenters. The van der Waals surface area contributed by atoms with Gasteiger partial charge in [0, 0.05) is 11.3 Å². The number of ether oxygens (including phenoxy) is 1. The van der Waals surface area contributed by atoms with E-state index in [1.54, 1.807) is 0 Å². The molecule has 0 amide bonds. The Kier molecular flexibility index (Phi) is 2.71. The molecule has 0 radical (unpaired) electrons. The first kappa shape index (κ1) is 12.4. The Balaban J connectivity index is 1.97. The van der Waals surface area contributed by atoms with E-state index in [-0.39, 0.29) is 5.92 Å². The molecule has 2 bridgehead atoms. The maximum absolute atomic E-state index is 11.7. The van der Waals surface area contributed by atoms with Crippen LogP contribution in [0.4, 0.5) is 0 Å². The predicted octanol–water partition coefficient (Wildman–Crippen LogP) is 0.982. The Morgan fingerprint density at radius 2 is 1.86 bits per heavy atom. The highest BCUT2D eigenvalue weighted by Gasteiger charge is 2.35. The first-order chi connectivity index (χ1) is 10.3. The van der Waals surface area contributed by atoms with Gasteiger partial charge in [0.2, 0.25) is 0 Å². The summed E-state index contributed by atoms with van der Waals surface area (Å²) in [5.74, 6) is -1.28. The Labute approximate surface area is 120 Å². The molecule has 0 aliphatic carbocycles. The standard InChI is InChI=1S/C15H14N2O4/c18-14-15(19)21-17-11-4-2-1-3-10(11)13(20-14)12(17)9-5-7-16-8-6-9/h1-4,9,16H,5-8H2. The van der Waals surface area contributed by atoms with E-state index >= 15 is 0 Å². The molecule has 3 heterocycles. The van der Waals surface area contributed by atoms with Crippen LogP contribution in [0.1, 0.15) is 24.5 Å². The summed E-state index contributed by atoms with van der Waals surface area (Å²) in [6.45, 7) is 1.79. The van der Waals surface area contributed by atoms with Crippen LogP contribution in [0.15, 0.2) is 24.3 Å². The predicted molar refractivity (Wildman–Crippen MR) is 74.0 cm³/mol. The molecule has 2 aliphatic heterocycles. The second-order valence-corrected chi connectivity index (χ2v) is 5.32. The van der Waals surface area contributed by atoms with Crippen molar-refractivity contribution in [1.82, 2.24) is 10.0 Å². The third-order valence-electron chi connectivity index (χ3n) is 4.08. The molecule has 108 valence electrons. The Hall–Kier alpha value is -2.34. The van der Waals surface area contributed by atoms with Crippen LogP contribution in [0.2, 0.25) is 0 Å². The third kappa shape index (κ3) is 1.83. The van der Waals surface area contributed by atoms with E-state index in [1.165, 1.54) is 4.73 Å². The van der Waals surface area contributed by atoms with E-state index in [0.717, 1.165) is 42.5 Å². The first-order valence-electron chi connectivity index (χ1n) is 7.04. The number of hydrogen-bond acceptors (Lipinski definition) is 5. The van der Waals surface area contributed by atoms with Gasteiger partial charge in [0.25, 0.3) is 0 Å². The summed E-state index contributed by atoms with van der Waals surface area (Å²) < 4.78 is 6.79. The molecule has 6 nitrogen and oxygen atoms in total. The van der Waals surface area contributed by atoms with Crippen molar-refractivity contribution in [3.05, 3.63) is 30.0 Å². The minimum absolute atomic E-state index is 0.201. The van der Waals surface area contributed by atoms with Gasteiger partial charge in [0.1, 0.15) is 5.69 Å². The highest BCUT2D eigenvalue weighted by Crippen LogP contribution is 2.41. The van der Waals surface area contributed by atoms with Crippen molar-refractivity contribution in [3.8, 4) is 5.75 Å². The molecule has 1 aromatic heterocycles. The van der Waals surface area contributed by atoms with Gasteiger partial charge in [-0.05, 0) is 38.1 Å². The number of carbonyl (C=O) groups excluding carboxylic acids is 2. The Bertz CT molecular complexity index is 690. The number of piperidine rings is 1. The molecule has 4 rings (SSSR count). The van der Waals surface area contributed by atoms with Crippen LogP contribution in [0, 0.1) is 0 Å². The van der Waals surface area contributed by atoms with Crippen LogP contribution in [0.25, 0.3) is 10.9 Å². The number of para-hydroxylation sites is 1. The second kappa shape index (κ2) is 4.60. The quantitative estimate of drug-likeness (QED) is 0.625. The summed E-state index contributed by atoms with van der Waals surface area (Å²) in [7, 11) is 0. The molecule has 2 aromatic rings. The second-order valence-electron chi connectivity index (χ2n) is 5.32. The van der Waals surface area contributed by atoms with Crippen LogP contribution in [-0.4, -0.2) is 29.8 Å². The number of hydrogen-bond donors (Lipinski definition) is 1. The van der Waals surface area contributed by atoms with Crippen molar-refractivity contribution in [3.63, 3.8) is 0 Å². The summed E-state index contributed by atoms with van der Waals surface area (Å²) in [5.41, 5.74) is 1.54. The zero-order valence-corrected chi connectivity index (χ0v) is 11.3. The van der Waals surface area contributed by atoms with E-state index in [2.05, 4.69) is 5.32 Å². The largest absolute Gasteiger partial charge is 0.442 e. The topological polar surface area (TPSA) is 69.6 Å². The lowest BCUT2D eigenvalue weighted by molar-refractivity contribution is -0.161. The monoisotopic (exact) mass is 286 g/mol. The smallest absolute Gasteiger partial charge is 0.415 e. The van der Waals surface area contributed by atoms with Crippen LogP contribution < -0.4 is 14.9 Å². The number of rotatable bonds is 1. The van der Waals surface area contributed by atoms with Gasteiger partial charge < -0.3 is 14.9 Å². The molecule has 1 fully saturated rings. The Morgan fingerprint density at radius 3 is 2.67 bits per heavy atom. The lowest BCUT2D eigenvalue weighted by atomic mass is 9.94. The fraction of sp³-hybridized carbons (Fsp3) is 0.333. The average molecular weight is 286 g/mol. The van der Waals surface area contributed by atoms with Gasteiger partial charge in [-0.15, -0.1) is 0 Å². The Morgan fingerprint density at radius 1 is 1.10 bits per heavy atom. The summed E-state index contributed by atoms with van der Waals surface area (Å²) >= 11 is 0. The van der Waals surface area contributed by atoms with Crippen LogP contribution in [0.5, 0.6) is 5.75 Å². The molecular weight excluding hydrogens is 272 g/mol. The number of nitrogens with zero attached hydrogens (tertiary/aromatic N) is 1. The SMILES string of the molecule is O=C1Oc2c(C3CCNCC3)n(c3ccccc23)OC1=O. The normalized spacial score (nSPS) is 19.2. The number of esters is 1. The molecule has 21 heavy (non-hydrogen) atoms. The van der Waals surface area contributed by atoms with E-state index in [0.29, 0.717) is 5.75 Å². The summed E-state index contributed by atoms with van der Waals surface area (Å²) in [4.78, 5) is 28.6. The molecule has 2 aliphatic rings. The summed E-state index contributed by atoms with van der Waals surface area (Å²) in [5, 5.41) is 4.10. The maximum atomic E-state index is 11.7. The molecule has 1 N–H and O–H groups in total. The maximum Gasteiger partial charge on any atom is 0.442 e. The number of aromatic nitrogens is 1. The minimum Gasteiger partial charge on any atom is -0.415 e. The van der Waals surface area contributed by atoms with Crippen molar-refractivity contribution < 1.29 is 19.2 Å². The molecule has 0 saturated carbocycles. The molecule has 1 saturated heterocycles. The van der Waals surface area contributed by atoms with Gasteiger partial charge in [-0.3, -0.25) is 0 Å². The van der Waals surface area contributed by atoms with Crippen LogP contribution >= 0.6 is 0 Å². The average Bonchev–Trinajstić information content (AvgIpc) is 2.74. The third-order valence-corrected chi connectivity index (χ3v) is 4.08. The van der Waals surface area contributed by atoms with Gasteiger partial charge in [-0.1, -0.05) is 12.1 Å². The number of carbonyl (C=O) groups is 2. The number of benzene rings is 1. The number of nitrogens with one attached hydrogen (secondary N) is 1. The van der Waals surface area contributed by atoms with Gasteiger partial charge in [0.05, 0.1) is 5.52 Å². The zero-order chi connectivity index (χ0) is 14.4. The van der Waals surface area contributed by atoms with Crippen molar-refractivity contribution in [2.24, 2.45) is 0 Å². The molecule has 6 heteroatoms.